The van der Waals surface area contributed by atoms with Gasteiger partial charge in [-0.3, -0.25) is 15.0 Å². The van der Waals surface area contributed by atoms with Crippen molar-refractivity contribution >= 4 is 21.4 Å². The van der Waals surface area contributed by atoms with Gasteiger partial charge in [0.2, 0.25) is 10.0 Å². The Balaban J connectivity index is 1.61. The van der Waals surface area contributed by atoms with E-state index in [0.29, 0.717) is 25.3 Å². The van der Waals surface area contributed by atoms with Gasteiger partial charge in [0.05, 0.1) is 22.0 Å². The van der Waals surface area contributed by atoms with Crippen molar-refractivity contribution < 1.29 is 18.1 Å². The Morgan fingerprint density at radius 3 is 2.48 bits per heavy atom. The highest BCUT2D eigenvalue weighted by Crippen LogP contribution is 2.30. The monoisotopic (exact) mass is 426 g/mol. The number of nitro groups is 1. The van der Waals surface area contributed by atoms with E-state index < -0.39 is 14.9 Å². The van der Waals surface area contributed by atoms with Gasteiger partial charge in [0, 0.05) is 45.3 Å². The molecule has 10 heteroatoms. The molecule has 2 aliphatic rings. The van der Waals surface area contributed by atoms with Crippen LogP contribution in [0.2, 0.25) is 0 Å². The lowest BCUT2D eigenvalue weighted by Crippen LogP contribution is -2.45. The van der Waals surface area contributed by atoms with E-state index >= 15 is 0 Å². The molecule has 9 nitrogen and oxygen atoms in total. The number of hydrogen-bond donors (Lipinski definition) is 1. The highest BCUT2D eigenvalue weighted by Gasteiger charge is 2.29. The largest absolute Gasteiger partial charge is 0.379 e. The smallest absolute Gasteiger partial charge is 0.293 e. The number of hydrogen-bond acceptors (Lipinski definition) is 7. The number of sulfonamides is 1. The molecular weight excluding hydrogens is 396 g/mol. The number of nitro benzene ring substituents is 1. The van der Waals surface area contributed by atoms with Crippen LogP contribution in [0.4, 0.5) is 11.4 Å². The topological polar surface area (TPSA) is 105 Å². The number of ether oxygens (including phenoxy) is 1. The van der Waals surface area contributed by atoms with Crippen LogP contribution in [0.25, 0.3) is 0 Å². The van der Waals surface area contributed by atoms with Gasteiger partial charge in [-0.1, -0.05) is 0 Å². The molecule has 0 saturated carbocycles. The summed E-state index contributed by atoms with van der Waals surface area (Å²) in [6.07, 6.45) is 2.88. The Morgan fingerprint density at radius 1 is 1.21 bits per heavy atom. The first kappa shape index (κ1) is 21.9. The maximum Gasteiger partial charge on any atom is 0.293 e. The average Bonchev–Trinajstić information content (AvgIpc) is 3.20. The van der Waals surface area contributed by atoms with Crippen LogP contribution >= 0.6 is 0 Å². The summed E-state index contributed by atoms with van der Waals surface area (Å²) in [5.41, 5.74) is 0.137. The Hall–Kier alpha value is -1.75. The van der Waals surface area contributed by atoms with Crippen LogP contribution in [0.1, 0.15) is 33.1 Å². The van der Waals surface area contributed by atoms with Crippen LogP contribution in [-0.4, -0.2) is 74.0 Å². The minimum Gasteiger partial charge on any atom is -0.379 e. The molecule has 0 bridgehead atoms. The minimum absolute atomic E-state index is 0.0204. The summed E-state index contributed by atoms with van der Waals surface area (Å²) in [6.45, 7) is 8.26. The van der Waals surface area contributed by atoms with Crippen molar-refractivity contribution in [1.82, 2.24) is 9.21 Å². The quantitative estimate of drug-likeness (QED) is 0.386. The molecule has 2 atom stereocenters. The molecule has 1 N–H and O–H groups in total. The fourth-order valence-electron chi connectivity index (χ4n) is 4.04. The minimum atomic E-state index is -3.68. The third kappa shape index (κ3) is 5.44. The lowest BCUT2D eigenvalue weighted by atomic mass is 10.2. The number of morpholine rings is 1. The van der Waals surface area contributed by atoms with Gasteiger partial charge in [-0.25, -0.2) is 8.42 Å². The number of nitrogens with one attached hydrogen (secondary N) is 1. The first-order chi connectivity index (χ1) is 13.8. The van der Waals surface area contributed by atoms with Gasteiger partial charge in [0.1, 0.15) is 5.69 Å². The first-order valence-corrected chi connectivity index (χ1v) is 11.6. The number of benzene rings is 1. The normalized spacial score (nSPS) is 23.9. The maximum atomic E-state index is 12.7. The van der Waals surface area contributed by atoms with Crippen LogP contribution in [0, 0.1) is 10.1 Å². The van der Waals surface area contributed by atoms with Gasteiger partial charge in [-0.2, -0.15) is 4.31 Å². The summed E-state index contributed by atoms with van der Waals surface area (Å²) in [5, 5.41) is 14.6. The van der Waals surface area contributed by atoms with Crippen molar-refractivity contribution in [3.8, 4) is 0 Å². The summed E-state index contributed by atoms with van der Waals surface area (Å²) in [4.78, 5) is 13.3. The van der Waals surface area contributed by atoms with Crippen molar-refractivity contribution in [1.29, 1.82) is 0 Å². The van der Waals surface area contributed by atoms with Gasteiger partial charge in [0.15, 0.2) is 0 Å². The summed E-state index contributed by atoms with van der Waals surface area (Å²) >= 11 is 0. The fourth-order valence-corrected chi connectivity index (χ4v) is 5.58. The van der Waals surface area contributed by atoms with Gasteiger partial charge in [-0.15, -0.1) is 0 Å². The van der Waals surface area contributed by atoms with Crippen molar-refractivity contribution in [3.05, 3.63) is 28.3 Å². The van der Waals surface area contributed by atoms with E-state index in [9.17, 15) is 18.5 Å². The SMILES string of the molecule is CC1CN(CCCNc2ccc(S(=O)(=O)N3CCCC3)cc2[N+](=O)[O-])CC(C)O1. The third-order valence-electron chi connectivity index (χ3n) is 5.33. The third-order valence-corrected chi connectivity index (χ3v) is 7.23. The van der Waals surface area contributed by atoms with E-state index in [4.69, 9.17) is 4.74 Å². The molecule has 0 radical (unpaired) electrons. The predicted molar refractivity (Wildman–Crippen MR) is 111 cm³/mol. The lowest BCUT2D eigenvalue weighted by Gasteiger charge is -2.35. The van der Waals surface area contributed by atoms with Gasteiger partial charge >= 0.3 is 0 Å². The molecule has 3 rings (SSSR count). The summed E-state index contributed by atoms with van der Waals surface area (Å²) in [7, 11) is -3.68. The molecule has 2 unspecified atom stereocenters. The van der Waals surface area contributed by atoms with Crippen LogP contribution in [0.3, 0.4) is 0 Å². The molecule has 2 fully saturated rings. The lowest BCUT2D eigenvalue weighted by molar-refractivity contribution is -0.384. The molecule has 162 valence electrons. The molecule has 2 aliphatic heterocycles. The Kier molecular flexibility index (Phi) is 7.10. The van der Waals surface area contributed by atoms with E-state index in [0.717, 1.165) is 38.9 Å². The Labute approximate surface area is 172 Å². The molecule has 2 heterocycles. The highest BCUT2D eigenvalue weighted by molar-refractivity contribution is 7.89. The zero-order chi connectivity index (χ0) is 21.0. The van der Waals surface area contributed by atoms with Crippen molar-refractivity contribution in [2.75, 3.05) is 44.6 Å². The van der Waals surface area contributed by atoms with Crippen LogP contribution in [0.15, 0.2) is 23.1 Å². The molecule has 29 heavy (non-hydrogen) atoms. The summed E-state index contributed by atoms with van der Waals surface area (Å²) in [6, 6.07) is 4.12. The van der Waals surface area contributed by atoms with E-state index in [1.165, 1.54) is 22.5 Å². The molecule has 0 aromatic heterocycles. The number of nitrogens with zero attached hydrogens (tertiary/aromatic N) is 3. The second-order valence-corrected chi connectivity index (χ2v) is 9.78. The molecule has 0 aliphatic carbocycles. The second-order valence-electron chi connectivity index (χ2n) is 7.84. The van der Waals surface area contributed by atoms with Crippen LogP contribution in [-0.2, 0) is 14.8 Å². The number of rotatable bonds is 8. The van der Waals surface area contributed by atoms with E-state index in [2.05, 4.69) is 24.1 Å². The molecule has 1 aromatic rings. The molecule has 2 saturated heterocycles. The molecular formula is C19H30N4O5S. The summed E-state index contributed by atoms with van der Waals surface area (Å²) in [5.74, 6) is 0. The first-order valence-electron chi connectivity index (χ1n) is 10.2. The highest BCUT2D eigenvalue weighted by atomic mass is 32.2. The average molecular weight is 427 g/mol. The zero-order valence-corrected chi connectivity index (χ0v) is 17.9. The van der Waals surface area contributed by atoms with Gasteiger partial charge < -0.3 is 10.1 Å². The van der Waals surface area contributed by atoms with Gasteiger partial charge in [0.25, 0.3) is 5.69 Å². The van der Waals surface area contributed by atoms with Crippen molar-refractivity contribution in [2.45, 2.75) is 50.2 Å². The predicted octanol–water partition coefficient (Wildman–Crippen LogP) is 2.29. The molecule has 1 aromatic carbocycles. The van der Waals surface area contributed by atoms with Crippen LogP contribution < -0.4 is 5.32 Å². The van der Waals surface area contributed by atoms with Crippen LogP contribution in [0.5, 0.6) is 0 Å². The Morgan fingerprint density at radius 2 is 1.86 bits per heavy atom. The summed E-state index contributed by atoms with van der Waals surface area (Å²) < 4.78 is 32.5. The van der Waals surface area contributed by atoms with E-state index in [1.54, 1.807) is 0 Å². The molecule has 0 amide bonds. The standard InChI is InChI=1S/C19H30N4O5S/c1-15-13-21(14-16(2)28-15)9-5-8-20-18-7-6-17(12-19(18)23(24)25)29(26,27)22-10-3-4-11-22/h6-7,12,15-16,20H,3-5,8-11,13-14H2,1-2H3. The Bertz CT molecular complexity index is 816. The van der Waals surface area contributed by atoms with Crippen molar-refractivity contribution in [2.24, 2.45) is 0 Å². The molecule has 0 spiro atoms. The van der Waals surface area contributed by atoms with E-state index in [1.807, 2.05) is 0 Å². The maximum absolute atomic E-state index is 12.7. The van der Waals surface area contributed by atoms with E-state index in [-0.39, 0.29) is 22.8 Å². The fraction of sp³-hybridized carbons (Fsp3) is 0.684. The van der Waals surface area contributed by atoms with Gasteiger partial charge in [-0.05, 0) is 45.2 Å². The number of anilines is 1. The zero-order valence-electron chi connectivity index (χ0n) is 17.0. The van der Waals surface area contributed by atoms with Crippen molar-refractivity contribution in [3.63, 3.8) is 0 Å². The second kappa shape index (κ2) is 9.38.